The Balaban J connectivity index is 2.30. The van der Waals surface area contributed by atoms with Crippen LogP contribution in [0.2, 0.25) is 0 Å². The van der Waals surface area contributed by atoms with Crippen LogP contribution in [-0.4, -0.2) is 13.3 Å². The lowest BCUT2D eigenvalue weighted by Gasteiger charge is -2.07. The van der Waals surface area contributed by atoms with Crippen molar-refractivity contribution in [3.8, 4) is 5.75 Å². The van der Waals surface area contributed by atoms with Gasteiger partial charge in [0.1, 0.15) is 5.75 Å². The summed E-state index contributed by atoms with van der Waals surface area (Å²) in [5, 5.41) is 0. The highest BCUT2D eigenvalue weighted by atomic mass is 79.9. The molecule has 2 aromatic rings. The average Bonchev–Trinajstić information content (AvgIpc) is 2.45. The fraction of sp³-hybridized carbons (Fsp3) is 0.188. The van der Waals surface area contributed by atoms with Gasteiger partial charge < -0.3 is 4.74 Å². The Bertz CT molecular complexity index is 621. The number of aliphatic imine (C=N–C) groups is 1. The van der Waals surface area contributed by atoms with Gasteiger partial charge in [0.25, 0.3) is 0 Å². The van der Waals surface area contributed by atoms with E-state index in [1.54, 1.807) is 7.11 Å². The van der Waals surface area contributed by atoms with Gasteiger partial charge in [0.05, 0.1) is 17.3 Å². The van der Waals surface area contributed by atoms with Gasteiger partial charge in [0, 0.05) is 16.3 Å². The first-order valence-electron chi connectivity index (χ1n) is 6.30. The Hall–Kier alpha value is -1.13. The molecule has 0 aliphatic heterocycles. The third-order valence-corrected chi connectivity index (χ3v) is 3.99. The van der Waals surface area contributed by atoms with E-state index in [1.807, 2.05) is 30.5 Å². The fourth-order valence-electron chi connectivity index (χ4n) is 1.85. The molecule has 0 radical (unpaired) electrons. The maximum Gasteiger partial charge on any atom is 0.141 e. The topological polar surface area (TPSA) is 21.6 Å². The quantitative estimate of drug-likeness (QED) is 0.622. The number of hydrogen-bond donors (Lipinski definition) is 0. The molecule has 0 aliphatic carbocycles. The van der Waals surface area contributed by atoms with Gasteiger partial charge >= 0.3 is 0 Å². The van der Waals surface area contributed by atoms with Crippen LogP contribution in [0.3, 0.4) is 0 Å². The van der Waals surface area contributed by atoms with Crippen LogP contribution in [0.4, 0.5) is 5.69 Å². The van der Waals surface area contributed by atoms with Crippen LogP contribution in [0.1, 0.15) is 18.1 Å². The fourth-order valence-corrected chi connectivity index (χ4v) is 3.27. The molecule has 2 nitrogen and oxygen atoms in total. The first kappa shape index (κ1) is 15.3. The molecular formula is C16H15Br2NO. The Morgan fingerprint density at radius 2 is 1.85 bits per heavy atom. The molecule has 2 aromatic carbocycles. The second-order valence-corrected chi connectivity index (χ2v) is 6.06. The molecule has 20 heavy (non-hydrogen) atoms. The van der Waals surface area contributed by atoms with E-state index in [-0.39, 0.29) is 0 Å². The van der Waals surface area contributed by atoms with Crippen molar-refractivity contribution in [2.45, 2.75) is 13.3 Å². The van der Waals surface area contributed by atoms with Crippen molar-refractivity contribution in [3.63, 3.8) is 0 Å². The molecule has 0 aromatic heterocycles. The zero-order valence-electron chi connectivity index (χ0n) is 11.4. The Labute approximate surface area is 136 Å². The number of halogens is 2. The Morgan fingerprint density at radius 3 is 2.45 bits per heavy atom. The average molecular weight is 397 g/mol. The summed E-state index contributed by atoms with van der Waals surface area (Å²) >= 11 is 6.96. The number of benzene rings is 2. The van der Waals surface area contributed by atoms with Crippen LogP contribution in [-0.2, 0) is 6.42 Å². The first-order valence-corrected chi connectivity index (χ1v) is 7.88. The van der Waals surface area contributed by atoms with E-state index in [1.165, 1.54) is 5.56 Å². The standard InChI is InChI=1S/C16H15Br2NO/c1-3-11-4-6-14(7-5-11)19-10-12-8-13(17)9-15(18)16(12)20-2/h4-10H,3H2,1-2H3. The van der Waals surface area contributed by atoms with E-state index >= 15 is 0 Å². The highest BCUT2D eigenvalue weighted by molar-refractivity contribution is 9.11. The number of methoxy groups -OCH3 is 1. The summed E-state index contributed by atoms with van der Waals surface area (Å²) in [4.78, 5) is 4.50. The van der Waals surface area contributed by atoms with E-state index in [4.69, 9.17) is 4.74 Å². The monoisotopic (exact) mass is 395 g/mol. The molecule has 0 fully saturated rings. The zero-order valence-corrected chi connectivity index (χ0v) is 14.5. The number of nitrogens with zero attached hydrogens (tertiary/aromatic N) is 1. The Kier molecular flexibility index (Phi) is 5.38. The summed E-state index contributed by atoms with van der Waals surface area (Å²) in [6.45, 7) is 2.14. The largest absolute Gasteiger partial charge is 0.495 e. The van der Waals surface area contributed by atoms with Gasteiger partial charge in [-0.1, -0.05) is 35.0 Å². The molecule has 0 spiro atoms. The second-order valence-electron chi connectivity index (χ2n) is 4.29. The van der Waals surface area contributed by atoms with Crippen LogP contribution < -0.4 is 4.74 Å². The molecule has 0 heterocycles. The van der Waals surface area contributed by atoms with Crippen LogP contribution in [0.25, 0.3) is 0 Å². The third-order valence-electron chi connectivity index (χ3n) is 2.94. The zero-order chi connectivity index (χ0) is 14.5. The predicted octanol–water partition coefficient (Wildman–Crippen LogP) is 5.53. The van der Waals surface area contributed by atoms with Crippen LogP contribution in [0.15, 0.2) is 50.3 Å². The van der Waals surface area contributed by atoms with Gasteiger partial charge in [-0.05, 0) is 52.2 Å². The lowest BCUT2D eigenvalue weighted by Crippen LogP contribution is -1.92. The second kappa shape index (κ2) is 7.04. The summed E-state index contributed by atoms with van der Waals surface area (Å²) in [5.74, 6) is 0.780. The molecule has 0 N–H and O–H groups in total. The first-order chi connectivity index (χ1) is 9.63. The molecule has 0 atom stereocenters. The number of hydrogen-bond acceptors (Lipinski definition) is 2. The summed E-state index contributed by atoms with van der Waals surface area (Å²) in [7, 11) is 1.65. The summed E-state index contributed by atoms with van der Waals surface area (Å²) < 4.78 is 7.28. The minimum atomic E-state index is 0.780. The molecular weight excluding hydrogens is 382 g/mol. The molecule has 104 valence electrons. The molecule has 0 amide bonds. The van der Waals surface area contributed by atoms with Crippen LogP contribution in [0, 0.1) is 0 Å². The van der Waals surface area contributed by atoms with Crippen molar-refractivity contribution in [1.82, 2.24) is 0 Å². The van der Waals surface area contributed by atoms with E-state index in [2.05, 4.69) is 55.9 Å². The van der Waals surface area contributed by atoms with Crippen molar-refractivity contribution in [2.24, 2.45) is 4.99 Å². The SMILES string of the molecule is CCc1ccc(N=Cc2cc(Br)cc(Br)c2OC)cc1. The highest BCUT2D eigenvalue weighted by Crippen LogP contribution is 2.32. The normalized spacial score (nSPS) is 11.0. The summed E-state index contributed by atoms with van der Waals surface area (Å²) in [6, 6.07) is 12.2. The molecule has 0 saturated carbocycles. The molecule has 4 heteroatoms. The van der Waals surface area contributed by atoms with Crippen molar-refractivity contribution in [3.05, 3.63) is 56.5 Å². The maximum absolute atomic E-state index is 5.40. The van der Waals surface area contributed by atoms with Crippen molar-refractivity contribution >= 4 is 43.8 Å². The van der Waals surface area contributed by atoms with E-state index in [0.717, 1.165) is 32.4 Å². The third kappa shape index (κ3) is 3.70. The molecule has 0 aliphatic rings. The molecule has 0 bridgehead atoms. The van der Waals surface area contributed by atoms with Gasteiger partial charge in [-0.25, -0.2) is 0 Å². The van der Waals surface area contributed by atoms with Crippen molar-refractivity contribution < 1.29 is 4.74 Å². The minimum Gasteiger partial charge on any atom is -0.495 e. The Morgan fingerprint density at radius 1 is 1.15 bits per heavy atom. The van der Waals surface area contributed by atoms with E-state index in [9.17, 15) is 0 Å². The van der Waals surface area contributed by atoms with E-state index < -0.39 is 0 Å². The van der Waals surface area contributed by atoms with Crippen LogP contribution >= 0.6 is 31.9 Å². The minimum absolute atomic E-state index is 0.780. The van der Waals surface area contributed by atoms with Gasteiger partial charge in [-0.15, -0.1) is 0 Å². The highest BCUT2D eigenvalue weighted by Gasteiger charge is 2.07. The predicted molar refractivity (Wildman–Crippen MR) is 91.5 cm³/mol. The van der Waals surface area contributed by atoms with Gasteiger partial charge in [-0.3, -0.25) is 4.99 Å². The molecule has 2 rings (SSSR count). The number of rotatable bonds is 4. The van der Waals surface area contributed by atoms with Gasteiger partial charge in [0.2, 0.25) is 0 Å². The lowest BCUT2D eigenvalue weighted by atomic mass is 10.1. The lowest BCUT2D eigenvalue weighted by molar-refractivity contribution is 0.411. The number of ether oxygens (including phenoxy) is 1. The molecule has 0 unspecified atom stereocenters. The van der Waals surface area contributed by atoms with Crippen molar-refractivity contribution in [1.29, 1.82) is 0 Å². The number of aryl methyl sites for hydroxylation is 1. The smallest absolute Gasteiger partial charge is 0.141 e. The van der Waals surface area contributed by atoms with Gasteiger partial charge in [-0.2, -0.15) is 0 Å². The maximum atomic E-state index is 5.40. The summed E-state index contributed by atoms with van der Waals surface area (Å²) in [5.41, 5.74) is 3.17. The summed E-state index contributed by atoms with van der Waals surface area (Å²) in [6.07, 6.45) is 2.85. The molecule has 0 saturated heterocycles. The van der Waals surface area contributed by atoms with Crippen LogP contribution in [0.5, 0.6) is 5.75 Å². The van der Waals surface area contributed by atoms with Crippen molar-refractivity contribution in [2.75, 3.05) is 7.11 Å². The van der Waals surface area contributed by atoms with Gasteiger partial charge in [0.15, 0.2) is 0 Å². The van der Waals surface area contributed by atoms with E-state index in [0.29, 0.717) is 0 Å².